The fourth-order valence-electron chi connectivity index (χ4n) is 1.24. The van der Waals surface area contributed by atoms with Gasteiger partial charge in [0.2, 0.25) is 0 Å². The first-order chi connectivity index (χ1) is 7.67. The van der Waals surface area contributed by atoms with E-state index in [4.69, 9.17) is 9.84 Å². The molecule has 1 atom stereocenters. The Morgan fingerprint density at radius 2 is 2.38 bits per heavy atom. The minimum atomic E-state index is -0.549. The molecular formula is C10H14N2O4. The molecule has 1 aromatic rings. The molecule has 0 bridgehead atoms. The summed E-state index contributed by atoms with van der Waals surface area (Å²) in [5.41, 5.74) is 0.542. The molecule has 1 aromatic carbocycles. The minimum Gasteiger partial charge on any atom is -0.392 e. The van der Waals surface area contributed by atoms with Crippen LogP contribution in [0.5, 0.6) is 0 Å². The maximum Gasteiger partial charge on any atom is 0.271 e. The first kappa shape index (κ1) is 12.4. The second-order valence-corrected chi connectivity index (χ2v) is 3.08. The average Bonchev–Trinajstić information content (AvgIpc) is 2.29. The second-order valence-electron chi connectivity index (χ2n) is 3.08. The topological polar surface area (TPSA) is 84.6 Å². The number of aliphatic hydroxyl groups is 1. The standard InChI is InChI=1S/C10H14N2O4/c1-2-16-10(7-13)11-8-4-3-5-9(6-8)12(14)15/h3-6,10-11,13H,2,7H2,1H3. The van der Waals surface area contributed by atoms with Crippen LogP contribution in [0.4, 0.5) is 11.4 Å². The Balaban J connectivity index is 2.72. The van der Waals surface area contributed by atoms with E-state index in [2.05, 4.69) is 5.32 Å². The smallest absolute Gasteiger partial charge is 0.271 e. The van der Waals surface area contributed by atoms with Gasteiger partial charge in [-0.2, -0.15) is 0 Å². The molecule has 6 nitrogen and oxygen atoms in total. The summed E-state index contributed by atoms with van der Waals surface area (Å²) in [7, 11) is 0. The van der Waals surface area contributed by atoms with E-state index >= 15 is 0 Å². The zero-order valence-electron chi connectivity index (χ0n) is 8.92. The fraction of sp³-hybridized carbons (Fsp3) is 0.400. The van der Waals surface area contributed by atoms with E-state index < -0.39 is 11.2 Å². The molecule has 0 aromatic heterocycles. The Bertz CT molecular complexity index is 356. The van der Waals surface area contributed by atoms with Crippen LogP contribution in [0.3, 0.4) is 0 Å². The highest BCUT2D eigenvalue weighted by Crippen LogP contribution is 2.17. The molecule has 0 amide bonds. The van der Waals surface area contributed by atoms with Crippen molar-refractivity contribution in [2.45, 2.75) is 13.2 Å². The van der Waals surface area contributed by atoms with Crippen LogP contribution in [0.25, 0.3) is 0 Å². The Morgan fingerprint density at radius 3 is 2.94 bits per heavy atom. The highest BCUT2D eigenvalue weighted by atomic mass is 16.6. The number of nitrogens with zero attached hydrogens (tertiary/aromatic N) is 1. The van der Waals surface area contributed by atoms with Crippen molar-refractivity contribution in [3.63, 3.8) is 0 Å². The third-order valence-corrected chi connectivity index (χ3v) is 1.92. The summed E-state index contributed by atoms with van der Waals surface area (Å²) in [6, 6.07) is 6.04. The molecule has 0 spiro atoms. The van der Waals surface area contributed by atoms with Gasteiger partial charge >= 0.3 is 0 Å². The number of ether oxygens (including phenoxy) is 1. The van der Waals surface area contributed by atoms with Crippen molar-refractivity contribution >= 4 is 11.4 Å². The third-order valence-electron chi connectivity index (χ3n) is 1.92. The van der Waals surface area contributed by atoms with Gasteiger partial charge in [0.25, 0.3) is 5.69 Å². The van der Waals surface area contributed by atoms with Crippen LogP contribution in [0.15, 0.2) is 24.3 Å². The largest absolute Gasteiger partial charge is 0.392 e. The van der Waals surface area contributed by atoms with Crippen molar-refractivity contribution in [2.24, 2.45) is 0 Å². The van der Waals surface area contributed by atoms with Crippen molar-refractivity contribution in [1.29, 1.82) is 0 Å². The molecule has 16 heavy (non-hydrogen) atoms. The number of anilines is 1. The summed E-state index contributed by atoms with van der Waals surface area (Å²) in [5.74, 6) is 0. The summed E-state index contributed by atoms with van der Waals surface area (Å²) < 4.78 is 5.16. The lowest BCUT2D eigenvalue weighted by molar-refractivity contribution is -0.384. The Morgan fingerprint density at radius 1 is 1.62 bits per heavy atom. The summed E-state index contributed by atoms with van der Waals surface area (Å²) >= 11 is 0. The molecule has 2 N–H and O–H groups in total. The molecule has 1 unspecified atom stereocenters. The molecule has 0 aliphatic rings. The summed E-state index contributed by atoms with van der Waals surface area (Å²) in [4.78, 5) is 10.1. The van der Waals surface area contributed by atoms with E-state index in [1.165, 1.54) is 12.1 Å². The zero-order chi connectivity index (χ0) is 12.0. The number of nitro groups is 1. The van der Waals surface area contributed by atoms with Gasteiger partial charge in [0.15, 0.2) is 6.23 Å². The zero-order valence-corrected chi connectivity index (χ0v) is 8.92. The van der Waals surface area contributed by atoms with Crippen LogP contribution < -0.4 is 5.32 Å². The van der Waals surface area contributed by atoms with Crippen molar-refractivity contribution in [3.05, 3.63) is 34.4 Å². The lowest BCUT2D eigenvalue weighted by Crippen LogP contribution is -2.27. The predicted octanol–water partition coefficient (Wildman–Crippen LogP) is 1.36. The van der Waals surface area contributed by atoms with E-state index in [0.29, 0.717) is 12.3 Å². The number of hydrogen-bond acceptors (Lipinski definition) is 5. The van der Waals surface area contributed by atoms with Crippen LogP contribution in [-0.4, -0.2) is 29.5 Å². The highest BCUT2D eigenvalue weighted by Gasteiger charge is 2.09. The van der Waals surface area contributed by atoms with Crippen LogP contribution in [0.1, 0.15) is 6.92 Å². The van der Waals surface area contributed by atoms with Crippen molar-refractivity contribution in [1.82, 2.24) is 0 Å². The van der Waals surface area contributed by atoms with Crippen molar-refractivity contribution in [3.8, 4) is 0 Å². The van der Waals surface area contributed by atoms with E-state index in [-0.39, 0.29) is 12.3 Å². The molecule has 0 aliphatic heterocycles. The summed E-state index contributed by atoms with van der Waals surface area (Å²) in [6.45, 7) is 2.06. The van der Waals surface area contributed by atoms with E-state index in [9.17, 15) is 10.1 Å². The first-order valence-corrected chi connectivity index (χ1v) is 4.90. The molecule has 0 fully saturated rings. The average molecular weight is 226 g/mol. The van der Waals surface area contributed by atoms with Gasteiger partial charge in [-0.3, -0.25) is 10.1 Å². The number of rotatable bonds is 6. The third kappa shape index (κ3) is 3.48. The van der Waals surface area contributed by atoms with Crippen molar-refractivity contribution in [2.75, 3.05) is 18.5 Å². The van der Waals surface area contributed by atoms with Gasteiger partial charge in [-0.05, 0) is 13.0 Å². The Hall–Kier alpha value is -1.66. The number of aliphatic hydroxyl groups excluding tert-OH is 1. The molecule has 0 heterocycles. The molecule has 0 aliphatic carbocycles. The van der Waals surface area contributed by atoms with Gasteiger partial charge in [0.05, 0.1) is 11.5 Å². The van der Waals surface area contributed by atoms with Crippen molar-refractivity contribution < 1.29 is 14.8 Å². The number of benzene rings is 1. The number of nitro benzene ring substituents is 1. The maximum atomic E-state index is 10.5. The second kappa shape index (κ2) is 6.04. The van der Waals surface area contributed by atoms with Gasteiger partial charge in [-0.25, -0.2) is 0 Å². The maximum absolute atomic E-state index is 10.5. The Kier molecular flexibility index (Phi) is 4.68. The molecular weight excluding hydrogens is 212 g/mol. The van der Waals surface area contributed by atoms with Crippen LogP contribution in [0, 0.1) is 10.1 Å². The van der Waals surface area contributed by atoms with E-state index in [0.717, 1.165) is 0 Å². The van der Waals surface area contributed by atoms with Gasteiger partial charge in [-0.15, -0.1) is 0 Å². The highest BCUT2D eigenvalue weighted by molar-refractivity contribution is 5.51. The summed E-state index contributed by atoms with van der Waals surface area (Å²) in [5, 5.41) is 22.4. The van der Waals surface area contributed by atoms with Crippen LogP contribution >= 0.6 is 0 Å². The number of non-ortho nitro benzene ring substituents is 1. The monoisotopic (exact) mass is 226 g/mol. The SMILES string of the molecule is CCOC(CO)Nc1cccc([N+](=O)[O-])c1. The van der Waals surface area contributed by atoms with E-state index in [1.54, 1.807) is 19.1 Å². The van der Waals surface area contributed by atoms with Gasteiger partial charge in [0, 0.05) is 24.4 Å². The van der Waals surface area contributed by atoms with Gasteiger partial charge < -0.3 is 15.2 Å². The van der Waals surface area contributed by atoms with Gasteiger partial charge in [0.1, 0.15) is 0 Å². The summed E-state index contributed by atoms with van der Waals surface area (Å²) in [6.07, 6.45) is -0.549. The van der Waals surface area contributed by atoms with Crippen LogP contribution in [0.2, 0.25) is 0 Å². The predicted molar refractivity (Wildman–Crippen MR) is 59.2 cm³/mol. The lowest BCUT2D eigenvalue weighted by atomic mass is 10.3. The number of nitrogens with one attached hydrogen (secondary N) is 1. The first-order valence-electron chi connectivity index (χ1n) is 4.90. The lowest BCUT2D eigenvalue weighted by Gasteiger charge is -2.16. The minimum absolute atomic E-state index is 0.00168. The normalized spacial score (nSPS) is 12.1. The van der Waals surface area contributed by atoms with Crippen LogP contribution in [-0.2, 0) is 4.74 Å². The quantitative estimate of drug-likeness (QED) is 0.434. The Labute approximate surface area is 93.0 Å². The molecule has 88 valence electrons. The van der Waals surface area contributed by atoms with E-state index in [1.807, 2.05) is 0 Å². The fourth-order valence-corrected chi connectivity index (χ4v) is 1.24. The molecule has 0 radical (unpaired) electrons. The number of hydrogen-bond donors (Lipinski definition) is 2. The molecule has 1 rings (SSSR count). The molecule has 0 saturated heterocycles. The molecule has 0 saturated carbocycles. The molecule has 6 heteroatoms. The van der Waals surface area contributed by atoms with Gasteiger partial charge in [-0.1, -0.05) is 6.07 Å².